The van der Waals surface area contributed by atoms with Crippen LogP contribution in [0.25, 0.3) is 11.0 Å². The third-order valence-corrected chi connectivity index (χ3v) is 3.41. The number of benzene rings is 1. The van der Waals surface area contributed by atoms with E-state index in [0.717, 1.165) is 10.7 Å². The molecule has 0 radical (unpaired) electrons. The van der Waals surface area contributed by atoms with Gasteiger partial charge < -0.3 is 13.9 Å². The molecule has 0 aliphatic carbocycles. The zero-order valence-corrected chi connectivity index (χ0v) is 15.1. The van der Waals surface area contributed by atoms with Crippen molar-refractivity contribution in [2.24, 2.45) is 0 Å². The molecular weight excluding hydrogens is 315 g/mol. The third-order valence-electron chi connectivity index (χ3n) is 2.98. The van der Waals surface area contributed by atoms with E-state index in [-0.39, 0.29) is 13.2 Å². The highest BCUT2D eigenvalue weighted by atomic mass is 31.0. The molecule has 126 valence electrons. The van der Waals surface area contributed by atoms with Crippen LogP contribution in [-0.2, 0) is 19.1 Å². The topological polar surface area (TPSA) is 65.7 Å². The lowest BCUT2D eigenvalue weighted by molar-refractivity contribution is -0.156. The summed E-state index contributed by atoms with van der Waals surface area (Å²) in [5.41, 5.74) is 1.24. The van der Waals surface area contributed by atoms with Crippen molar-refractivity contribution in [2.75, 3.05) is 13.2 Å². The van der Waals surface area contributed by atoms with E-state index in [0.29, 0.717) is 11.1 Å². The molecule has 5 nitrogen and oxygen atoms in total. The van der Waals surface area contributed by atoms with Gasteiger partial charge in [-0.05, 0) is 37.6 Å². The predicted molar refractivity (Wildman–Crippen MR) is 92.9 cm³/mol. The Hall–Kier alpha value is -1.87. The number of carbonyl (C=O) groups excluding carboxylic acids is 2. The van der Waals surface area contributed by atoms with Crippen LogP contribution >= 0.6 is 9.24 Å². The fraction of sp³-hybridized carbons (Fsp3) is 0.412. The Morgan fingerprint density at radius 1 is 1.13 bits per heavy atom. The molecule has 0 saturated carbocycles. The van der Waals surface area contributed by atoms with Gasteiger partial charge in [-0.25, -0.2) is 0 Å². The van der Waals surface area contributed by atoms with Crippen molar-refractivity contribution < 1.29 is 23.5 Å². The number of carbonyl (C=O) groups is 2. The summed E-state index contributed by atoms with van der Waals surface area (Å²) < 4.78 is 15.3. The van der Waals surface area contributed by atoms with Gasteiger partial charge in [0.2, 0.25) is 0 Å². The van der Waals surface area contributed by atoms with Crippen LogP contribution in [0.5, 0.6) is 0 Å². The largest absolute Gasteiger partial charge is 0.465 e. The molecule has 1 aromatic carbocycles. The summed E-state index contributed by atoms with van der Waals surface area (Å²) in [6.45, 7) is 7.80. The van der Waals surface area contributed by atoms with Crippen molar-refractivity contribution in [1.82, 2.24) is 0 Å². The quantitative estimate of drug-likeness (QED) is 0.476. The van der Waals surface area contributed by atoms with E-state index in [1.54, 1.807) is 38.3 Å². The second kappa shape index (κ2) is 9.31. The lowest BCUT2D eigenvalue weighted by Crippen LogP contribution is -2.26. The van der Waals surface area contributed by atoms with Crippen molar-refractivity contribution in [3.8, 4) is 0 Å². The summed E-state index contributed by atoms with van der Waals surface area (Å²) in [4.78, 5) is 24.2. The van der Waals surface area contributed by atoms with E-state index in [1.807, 2.05) is 13.8 Å². The van der Waals surface area contributed by atoms with Gasteiger partial charge in [0.15, 0.2) is 5.92 Å². The van der Waals surface area contributed by atoms with Gasteiger partial charge in [-0.1, -0.05) is 13.8 Å². The van der Waals surface area contributed by atoms with Crippen LogP contribution in [0.2, 0.25) is 0 Å². The molecule has 0 saturated heterocycles. The summed E-state index contributed by atoms with van der Waals surface area (Å²) in [5, 5.41) is 1.59. The molecule has 1 aromatic heterocycles. The Bertz CT molecular complexity index is 644. The van der Waals surface area contributed by atoms with Crippen molar-refractivity contribution in [2.45, 2.75) is 33.6 Å². The van der Waals surface area contributed by atoms with Gasteiger partial charge >= 0.3 is 11.9 Å². The Balaban J connectivity index is 0.00000127. The van der Waals surface area contributed by atoms with E-state index in [4.69, 9.17) is 13.9 Å². The van der Waals surface area contributed by atoms with Gasteiger partial charge in [0.25, 0.3) is 0 Å². The number of hydrogen-bond acceptors (Lipinski definition) is 5. The first-order valence-corrected chi connectivity index (χ1v) is 8.26. The monoisotopic (exact) mass is 338 g/mol. The molecule has 0 aliphatic rings. The van der Waals surface area contributed by atoms with Gasteiger partial charge in [0.1, 0.15) is 5.58 Å². The second-order valence-corrected chi connectivity index (χ2v) is 5.01. The SMILES string of the molecule is CC.CCOC(=O)C(C(=O)OCC)c1cc(P)c2occc2c1. The Labute approximate surface area is 138 Å². The van der Waals surface area contributed by atoms with Gasteiger partial charge in [0.05, 0.1) is 19.5 Å². The number of hydrogen-bond donors (Lipinski definition) is 0. The van der Waals surface area contributed by atoms with Crippen molar-refractivity contribution in [3.63, 3.8) is 0 Å². The van der Waals surface area contributed by atoms with Crippen LogP contribution in [0.4, 0.5) is 0 Å². The molecule has 0 bridgehead atoms. The van der Waals surface area contributed by atoms with Gasteiger partial charge in [0, 0.05) is 10.7 Å². The Morgan fingerprint density at radius 2 is 1.70 bits per heavy atom. The molecule has 1 unspecified atom stereocenters. The molecule has 0 aliphatic heterocycles. The van der Waals surface area contributed by atoms with Gasteiger partial charge in [-0.3, -0.25) is 9.59 Å². The normalized spacial score (nSPS) is 10.2. The smallest absolute Gasteiger partial charge is 0.324 e. The van der Waals surface area contributed by atoms with Crippen LogP contribution < -0.4 is 5.30 Å². The van der Waals surface area contributed by atoms with E-state index in [2.05, 4.69) is 9.24 Å². The van der Waals surface area contributed by atoms with Gasteiger partial charge in [-0.2, -0.15) is 0 Å². The van der Waals surface area contributed by atoms with Crippen molar-refractivity contribution >= 4 is 37.5 Å². The van der Waals surface area contributed by atoms with E-state index >= 15 is 0 Å². The predicted octanol–water partition coefficient (Wildman–Crippen LogP) is 3.17. The lowest BCUT2D eigenvalue weighted by Gasteiger charge is -2.15. The number of ether oxygens (including phenoxy) is 2. The average Bonchev–Trinajstić information content (AvgIpc) is 2.99. The highest BCUT2D eigenvalue weighted by molar-refractivity contribution is 7.28. The maximum absolute atomic E-state index is 12.1. The van der Waals surface area contributed by atoms with E-state index in [1.165, 1.54) is 0 Å². The molecule has 0 spiro atoms. The van der Waals surface area contributed by atoms with Crippen LogP contribution in [0.15, 0.2) is 28.9 Å². The highest BCUT2D eigenvalue weighted by Gasteiger charge is 2.32. The first-order chi connectivity index (χ1) is 11.1. The van der Waals surface area contributed by atoms with E-state index < -0.39 is 17.9 Å². The van der Waals surface area contributed by atoms with Crippen LogP contribution in [-0.4, -0.2) is 25.2 Å². The fourth-order valence-corrected chi connectivity index (χ4v) is 2.55. The molecule has 0 amide bonds. The fourth-order valence-electron chi connectivity index (χ4n) is 2.12. The first kappa shape index (κ1) is 19.2. The minimum Gasteiger partial charge on any atom is -0.465 e. The first-order valence-electron chi connectivity index (χ1n) is 7.68. The standard InChI is InChI=1S/C15H17O5P.C2H6/c1-3-18-14(16)12(15(17)19-4-2)10-7-9-5-6-20-13(9)11(21)8-10;1-2/h5-8,12H,3-4,21H2,1-2H3;1-2H3. The summed E-state index contributed by atoms with van der Waals surface area (Å²) in [7, 11) is 2.53. The summed E-state index contributed by atoms with van der Waals surface area (Å²) in [5.74, 6) is -2.30. The highest BCUT2D eigenvalue weighted by Crippen LogP contribution is 2.25. The number of esters is 2. The van der Waals surface area contributed by atoms with Crippen LogP contribution in [0.1, 0.15) is 39.2 Å². The van der Waals surface area contributed by atoms with Crippen LogP contribution in [0.3, 0.4) is 0 Å². The molecule has 1 heterocycles. The van der Waals surface area contributed by atoms with E-state index in [9.17, 15) is 9.59 Å². The molecule has 1 atom stereocenters. The summed E-state index contributed by atoms with van der Waals surface area (Å²) in [6, 6.07) is 5.24. The zero-order valence-electron chi connectivity index (χ0n) is 13.9. The minimum atomic E-state index is -1.08. The Morgan fingerprint density at radius 3 is 2.22 bits per heavy atom. The van der Waals surface area contributed by atoms with Crippen molar-refractivity contribution in [1.29, 1.82) is 0 Å². The van der Waals surface area contributed by atoms with Crippen LogP contribution in [0, 0.1) is 0 Å². The molecule has 0 N–H and O–H groups in total. The second-order valence-electron chi connectivity index (χ2n) is 4.39. The number of rotatable bonds is 5. The third kappa shape index (κ3) is 4.55. The molecule has 23 heavy (non-hydrogen) atoms. The molecule has 2 aromatic rings. The summed E-state index contributed by atoms with van der Waals surface area (Å²) in [6.07, 6.45) is 1.56. The maximum Gasteiger partial charge on any atom is 0.324 e. The molecule has 2 rings (SSSR count). The molecular formula is C17H23O5P. The Kier molecular flexibility index (Phi) is 7.76. The lowest BCUT2D eigenvalue weighted by atomic mass is 9.98. The summed E-state index contributed by atoms with van der Waals surface area (Å²) >= 11 is 0. The number of fused-ring (bicyclic) bond motifs is 1. The average molecular weight is 338 g/mol. The zero-order chi connectivity index (χ0) is 17.4. The van der Waals surface area contributed by atoms with Crippen molar-refractivity contribution in [3.05, 3.63) is 30.0 Å². The maximum atomic E-state index is 12.1. The molecule has 0 fully saturated rings. The molecule has 6 heteroatoms. The minimum absolute atomic E-state index is 0.205. The number of furan rings is 1. The van der Waals surface area contributed by atoms with Gasteiger partial charge in [-0.15, -0.1) is 9.24 Å².